The van der Waals surface area contributed by atoms with Gasteiger partial charge in [-0.3, -0.25) is 9.59 Å². The van der Waals surface area contributed by atoms with Gasteiger partial charge in [0.25, 0.3) is 0 Å². The smallest absolute Gasteiger partial charge is 0.305 e. The molecule has 426 valence electrons. The van der Waals surface area contributed by atoms with Crippen molar-refractivity contribution in [1.29, 1.82) is 0 Å². The maximum atomic E-state index is 12.5. The summed E-state index contributed by atoms with van der Waals surface area (Å²) in [5, 5.41) is 23.4. The summed E-state index contributed by atoms with van der Waals surface area (Å²) in [7, 11) is 0. The van der Waals surface area contributed by atoms with Crippen LogP contribution in [0, 0.1) is 0 Å². The number of hydrogen-bond donors (Lipinski definition) is 3. The number of carbonyl (C=O) groups excluding carboxylic acids is 2. The summed E-state index contributed by atoms with van der Waals surface area (Å²) >= 11 is 0. The predicted molar refractivity (Wildman–Crippen MR) is 315 cm³/mol. The van der Waals surface area contributed by atoms with Gasteiger partial charge in [0.05, 0.1) is 25.4 Å². The highest BCUT2D eigenvalue weighted by atomic mass is 16.5. The number of allylic oxidation sites excluding steroid dienone is 4. The minimum atomic E-state index is -0.664. The Morgan fingerprint density at radius 2 is 0.722 bits per heavy atom. The summed E-state index contributed by atoms with van der Waals surface area (Å²) in [4.78, 5) is 24.5. The van der Waals surface area contributed by atoms with Crippen molar-refractivity contribution < 1.29 is 24.5 Å². The Labute approximate surface area is 450 Å². The van der Waals surface area contributed by atoms with Crippen LogP contribution >= 0.6 is 0 Å². The monoisotopic (exact) mass is 1010 g/mol. The Morgan fingerprint density at radius 3 is 1.11 bits per heavy atom. The molecule has 6 nitrogen and oxygen atoms in total. The van der Waals surface area contributed by atoms with E-state index in [1.807, 2.05) is 0 Å². The third-order valence-electron chi connectivity index (χ3n) is 15.2. The molecule has 0 aromatic carbocycles. The van der Waals surface area contributed by atoms with Gasteiger partial charge in [-0.05, 0) is 51.4 Å². The molecule has 0 aliphatic rings. The second-order valence-electron chi connectivity index (χ2n) is 22.5. The lowest BCUT2D eigenvalue weighted by molar-refractivity contribution is -0.143. The lowest BCUT2D eigenvalue weighted by Gasteiger charge is -2.22. The molecule has 0 aliphatic carbocycles. The maximum absolute atomic E-state index is 12.5. The molecule has 0 fully saturated rings. The topological polar surface area (TPSA) is 95.9 Å². The highest BCUT2D eigenvalue weighted by Gasteiger charge is 2.20. The number of unbranched alkanes of at least 4 members (excludes halogenated alkanes) is 46. The van der Waals surface area contributed by atoms with Gasteiger partial charge in [-0.2, -0.15) is 0 Å². The molecule has 0 heterocycles. The first kappa shape index (κ1) is 70.3. The highest BCUT2D eigenvalue weighted by molar-refractivity contribution is 5.76. The van der Waals surface area contributed by atoms with Crippen molar-refractivity contribution in [2.45, 2.75) is 373 Å². The molecule has 1 amide bonds. The average molecular weight is 1010 g/mol. The molecule has 2 unspecified atom stereocenters. The van der Waals surface area contributed by atoms with Gasteiger partial charge < -0.3 is 20.3 Å². The Bertz CT molecular complexity index is 1120. The standard InChI is InChI=1S/C66H127NO5/c1-3-5-7-9-11-13-15-17-18-19-28-31-35-38-42-46-50-54-58-64(69)63(62-68)67-65(70)59-55-51-47-43-39-36-32-29-26-24-22-20-21-23-25-27-30-33-37-41-45-49-53-57-61-72-66(71)60-56-52-48-44-40-34-16-14-12-10-8-6-4-2/h8,10,14,16,63-64,68-69H,3-7,9,11-13,15,17-62H2,1-2H3,(H,67,70)/b10-8-,16-14-. The highest BCUT2D eigenvalue weighted by Crippen LogP contribution is 2.19. The second kappa shape index (κ2) is 61.9. The molecule has 0 radical (unpaired) electrons. The van der Waals surface area contributed by atoms with E-state index in [1.54, 1.807) is 0 Å². The van der Waals surface area contributed by atoms with E-state index in [-0.39, 0.29) is 18.5 Å². The van der Waals surface area contributed by atoms with Crippen LogP contribution in [-0.4, -0.2) is 47.4 Å². The first-order valence-corrected chi connectivity index (χ1v) is 32.6. The molecule has 0 saturated carbocycles. The second-order valence-corrected chi connectivity index (χ2v) is 22.5. The summed E-state index contributed by atoms with van der Waals surface area (Å²) in [6, 6.07) is -0.541. The van der Waals surface area contributed by atoms with E-state index >= 15 is 0 Å². The summed E-state index contributed by atoms with van der Waals surface area (Å²) < 4.78 is 5.47. The molecule has 0 aromatic heterocycles. The van der Waals surface area contributed by atoms with Gasteiger partial charge in [-0.1, -0.05) is 321 Å². The largest absolute Gasteiger partial charge is 0.466 e. The fraction of sp³-hybridized carbons (Fsp3) is 0.909. The summed E-state index contributed by atoms with van der Waals surface area (Å²) in [6.45, 7) is 4.91. The van der Waals surface area contributed by atoms with E-state index in [0.717, 1.165) is 51.4 Å². The fourth-order valence-electron chi connectivity index (χ4n) is 10.3. The van der Waals surface area contributed by atoms with Gasteiger partial charge >= 0.3 is 5.97 Å². The minimum absolute atomic E-state index is 0.000603. The van der Waals surface area contributed by atoms with Crippen LogP contribution in [0.4, 0.5) is 0 Å². The predicted octanol–water partition coefficient (Wildman–Crippen LogP) is 20.6. The Kier molecular flexibility index (Phi) is 60.5. The molecular weight excluding hydrogens is 887 g/mol. The lowest BCUT2D eigenvalue weighted by Crippen LogP contribution is -2.45. The van der Waals surface area contributed by atoms with Crippen molar-refractivity contribution in [3.63, 3.8) is 0 Å². The van der Waals surface area contributed by atoms with E-state index in [0.29, 0.717) is 25.9 Å². The normalized spacial score (nSPS) is 12.7. The zero-order valence-corrected chi connectivity index (χ0v) is 48.7. The number of aliphatic hydroxyl groups excluding tert-OH is 2. The molecule has 0 saturated heterocycles. The molecular formula is C66H127NO5. The summed E-state index contributed by atoms with van der Waals surface area (Å²) in [5.74, 6) is -0.0301. The molecule has 0 spiro atoms. The van der Waals surface area contributed by atoms with Gasteiger partial charge in [-0.25, -0.2) is 0 Å². The summed E-state index contributed by atoms with van der Waals surface area (Å²) in [5.41, 5.74) is 0. The first-order chi connectivity index (χ1) is 35.5. The molecule has 0 aliphatic heterocycles. The third kappa shape index (κ3) is 57.6. The Morgan fingerprint density at radius 1 is 0.389 bits per heavy atom. The SMILES string of the molecule is CCC/C=C\C/C=C\CCCCCCCC(=O)OCCCCCCCCCCCCCCCCCCCCCCCCCCC(=O)NC(CO)C(O)CCCCCCCCCCCCCCCCCCCC. The van der Waals surface area contributed by atoms with Crippen LogP contribution in [0.25, 0.3) is 0 Å². The molecule has 0 bridgehead atoms. The van der Waals surface area contributed by atoms with E-state index in [9.17, 15) is 19.8 Å². The number of amides is 1. The molecule has 0 rings (SSSR count). The number of carbonyl (C=O) groups is 2. The zero-order valence-electron chi connectivity index (χ0n) is 48.7. The summed E-state index contributed by atoms with van der Waals surface area (Å²) in [6.07, 6.45) is 76.3. The van der Waals surface area contributed by atoms with E-state index < -0.39 is 12.1 Å². The lowest BCUT2D eigenvalue weighted by atomic mass is 10.0. The Hall–Kier alpha value is -1.66. The van der Waals surface area contributed by atoms with Crippen molar-refractivity contribution in [3.05, 3.63) is 24.3 Å². The van der Waals surface area contributed by atoms with Crippen LogP contribution < -0.4 is 5.32 Å². The zero-order chi connectivity index (χ0) is 52.2. The number of aliphatic hydroxyl groups is 2. The van der Waals surface area contributed by atoms with Crippen LogP contribution in [-0.2, 0) is 14.3 Å². The van der Waals surface area contributed by atoms with Crippen LogP contribution in [0.3, 0.4) is 0 Å². The first-order valence-electron chi connectivity index (χ1n) is 32.6. The van der Waals surface area contributed by atoms with Gasteiger partial charge in [-0.15, -0.1) is 0 Å². The van der Waals surface area contributed by atoms with Crippen molar-refractivity contribution in [2.75, 3.05) is 13.2 Å². The van der Waals surface area contributed by atoms with Crippen molar-refractivity contribution in [2.24, 2.45) is 0 Å². The number of nitrogens with one attached hydrogen (secondary N) is 1. The third-order valence-corrected chi connectivity index (χ3v) is 15.2. The number of ether oxygens (including phenoxy) is 1. The quantitative estimate of drug-likeness (QED) is 0.0320. The molecule has 0 aromatic rings. The van der Waals surface area contributed by atoms with Crippen LogP contribution in [0.2, 0.25) is 0 Å². The molecule has 6 heteroatoms. The van der Waals surface area contributed by atoms with E-state index in [4.69, 9.17) is 4.74 Å². The van der Waals surface area contributed by atoms with Crippen molar-refractivity contribution in [1.82, 2.24) is 5.32 Å². The van der Waals surface area contributed by atoms with Crippen LogP contribution in [0.5, 0.6) is 0 Å². The van der Waals surface area contributed by atoms with Crippen molar-refractivity contribution >= 4 is 11.9 Å². The van der Waals surface area contributed by atoms with Crippen LogP contribution in [0.15, 0.2) is 24.3 Å². The van der Waals surface area contributed by atoms with Gasteiger partial charge in [0.15, 0.2) is 0 Å². The Balaban J connectivity index is 3.37. The minimum Gasteiger partial charge on any atom is -0.466 e. The van der Waals surface area contributed by atoms with Gasteiger partial charge in [0.1, 0.15) is 0 Å². The average Bonchev–Trinajstić information content (AvgIpc) is 3.38. The number of hydrogen-bond acceptors (Lipinski definition) is 5. The number of rotatable bonds is 61. The molecule has 72 heavy (non-hydrogen) atoms. The molecule has 3 N–H and O–H groups in total. The van der Waals surface area contributed by atoms with Gasteiger partial charge in [0, 0.05) is 12.8 Å². The number of esters is 1. The van der Waals surface area contributed by atoms with Crippen molar-refractivity contribution in [3.8, 4) is 0 Å². The van der Waals surface area contributed by atoms with Crippen LogP contribution in [0.1, 0.15) is 361 Å². The fourth-order valence-corrected chi connectivity index (χ4v) is 10.3. The van der Waals surface area contributed by atoms with E-state index in [2.05, 4.69) is 43.5 Å². The van der Waals surface area contributed by atoms with Gasteiger partial charge in [0.2, 0.25) is 5.91 Å². The molecule has 2 atom stereocenters. The maximum Gasteiger partial charge on any atom is 0.305 e. The van der Waals surface area contributed by atoms with E-state index in [1.165, 1.54) is 276 Å².